The van der Waals surface area contributed by atoms with Crippen LogP contribution >= 0.6 is 0 Å². The molecule has 0 aromatic heterocycles. The molecule has 0 amide bonds. The van der Waals surface area contributed by atoms with Gasteiger partial charge in [-0.15, -0.1) is 0 Å². The third kappa shape index (κ3) is 5.13. The summed E-state index contributed by atoms with van der Waals surface area (Å²) in [4.78, 5) is 0. The van der Waals surface area contributed by atoms with E-state index < -0.39 is 23.2 Å². The first-order valence-corrected chi connectivity index (χ1v) is 13.2. The van der Waals surface area contributed by atoms with Gasteiger partial charge in [-0.3, -0.25) is 0 Å². The molecule has 148 valence electrons. The topological polar surface area (TPSA) is 0 Å². The smallest absolute Gasteiger partial charge is 1.00 e. The molecule has 0 N–H and O–H groups in total. The van der Waals surface area contributed by atoms with E-state index in [2.05, 4.69) is 45.1 Å². The Morgan fingerprint density at radius 1 is 1.07 bits per heavy atom. The first-order chi connectivity index (χ1) is 12.1. The van der Waals surface area contributed by atoms with Crippen molar-refractivity contribution in [1.29, 1.82) is 0 Å². The maximum atomic E-state index is 2.74. The Morgan fingerprint density at radius 2 is 1.85 bits per heavy atom. The van der Waals surface area contributed by atoms with Crippen LogP contribution in [0.4, 0.5) is 0 Å². The first-order valence-electron chi connectivity index (χ1n) is 10.7. The second-order valence-electron chi connectivity index (χ2n) is 9.27. The fourth-order valence-corrected chi connectivity index (χ4v) is 9.76. The van der Waals surface area contributed by atoms with Gasteiger partial charge in [0.1, 0.15) is 0 Å². The van der Waals surface area contributed by atoms with Crippen LogP contribution in [0.15, 0.2) is 42.0 Å². The van der Waals surface area contributed by atoms with Crippen LogP contribution in [0.1, 0.15) is 72.1 Å². The molecular formula is C24H34Cl2Zr. The summed E-state index contributed by atoms with van der Waals surface area (Å²) >= 11 is -0.557. The molecule has 4 aliphatic carbocycles. The van der Waals surface area contributed by atoms with Crippen molar-refractivity contribution in [3.63, 3.8) is 0 Å². The van der Waals surface area contributed by atoms with Gasteiger partial charge in [-0.1, -0.05) is 0 Å². The summed E-state index contributed by atoms with van der Waals surface area (Å²) in [5.41, 5.74) is 3.71. The molecule has 1 unspecified atom stereocenters. The van der Waals surface area contributed by atoms with E-state index in [0.717, 1.165) is 29.6 Å². The zero-order valence-corrected chi connectivity index (χ0v) is 21.1. The van der Waals surface area contributed by atoms with Crippen LogP contribution in [0, 0.1) is 29.6 Å². The molecule has 4 atom stereocenters. The molecule has 4 rings (SSSR count). The molecule has 0 aliphatic heterocycles. The van der Waals surface area contributed by atoms with Gasteiger partial charge in [-0.2, -0.15) is 0 Å². The Kier molecular flexibility index (Phi) is 9.17. The van der Waals surface area contributed by atoms with Gasteiger partial charge in [0.2, 0.25) is 0 Å². The molecule has 0 radical (unpaired) electrons. The quantitative estimate of drug-likeness (QED) is 0.559. The Bertz CT molecular complexity index is 641. The zero-order chi connectivity index (χ0) is 17.4. The molecule has 0 heterocycles. The predicted octanol–water partition coefficient (Wildman–Crippen LogP) is 1.01. The first kappa shape index (κ1) is 23.7. The standard InChI is InChI=1S/C19H29.C5H5.2ClH.Zr/c1-13(2)16-10-8-14(3)12-19(16)18-11-9-15-6-4-5-7-17(15)18;1-2-4-5-3-1;;;/h9,13-14,16,18-19H,4-8,10,12H2,1-3H3;1-3H,4H2;2*1H;/q;;;;+2/p-2/t14-,16+,18?,19+;;;;/m1..../s1. The SMILES string of the molecule is CC(C)[C@@H]1CC[C@@H](C)C[C@@H]1C1[C]([Zr+2][C]2=CC=CC2)=CC2=C1CCCC2.[Cl-].[Cl-]. The van der Waals surface area contributed by atoms with Crippen molar-refractivity contribution in [2.75, 3.05) is 0 Å². The molecular weight excluding hydrogens is 450 g/mol. The number of allylic oxidation sites excluding steroid dienone is 8. The van der Waals surface area contributed by atoms with Gasteiger partial charge in [-0.25, -0.2) is 0 Å². The van der Waals surface area contributed by atoms with Crippen LogP contribution in [-0.2, 0) is 23.2 Å². The average Bonchev–Trinajstić information content (AvgIpc) is 3.21. The summed E-state index contributed by atoms with van der Waals surface area (Å²) in [5.74, 6) is 4.54. The van der Waals surface area contributed by atoms with Gasteiger partial charge in [-0.05, 0) is 0 Å². The van der Waals surface area contributed by atoms with E-state index in [-0.39, 0.29) is 24.8 Å². The maximum absolute atomic E-state index is 2.74. The van der Waals surface area contributed by atoms with Gasteiger partial charge in [0.05, 0.1) is 0 Å². The Labute approximate surface area is 190 Å². The van der Waals surface area contributed by atoms with E-state index in [1.165, 1.54) is 51.4 Å². The minimum absolute atomic E-state index is 0. The molecule has 0 aromatic carbocycles. The van der Waals surface area contributed by atoms with E-state index >= 15 is 0 Å². The van der Waals surface area contributed by atoms with Gasteiger partial charge >= 0.3 is 167 Å². The van der Waals surface area contributed by atoms with Crippen molar-refractivity contribution < 1.29 is 48.0 Å². The third-order valence-electron chi connectivity index (χ3n) is 7.17. The molecule has 0 bridgehead atoms. The summed E-state index contributed by atoms with van der Waals surface area (Å²) in [6, 6.07) is 0. The number of hydrogen-bond acceptors (Lipinski definition) is 0. The largest absolute Gasteiger partial charge is 1.00 e. The molecule has 0 saturated heterocycles. The molecule has 0 aromatic rings. The van der Waals surface area contributed by atoms with Gasteiger partial charge in [0, 0.05) is 0 Å². The maximum Gasteiger partial charge on any atom is -1.00 e. The van der Waals surface area contributed by atoms with Crippen LogP contribution in [-0.4, -0.2) is 0 Å². The Hall–Kier alpha value is 0.423. The van der Waals surface area contributed by atoms with E-state index in [4.69, 9.17) is 0 Å². The van der Waals surface area contributed by atoms with Crippen molar-refractivity contribution >= 4 is 0 Å². The van der Waals surface area contributed by atoms with Gasteiger partial charge < -0.3 is 24.8 Å². The predicted molar refractivity (Wildman–Crippen MR) is 104 cm³/mol. The zero-order valence-electron chi connectivity index (χ0n) is 17.1. The summed E-state index contributed by atoms with van der Waals surface area (Å²) < 4.78 is 3.76. The van der Waals surface area contributed by atoms with Crippen molar-refractivity contribution in [1.82, 2.24) is 0 Å². The van der Waals surface area contributed by atoms with Gasteiger partial charge in [0.15, 0.2) is 0 Å². The van der Waals surface area contributed by atoms with E-state index in [0.29, 0.717) is 0 Å². The average molecular weight is 485 g/mol. The fourth-order valence-electron chi connectivity index (χ4n) is 5.92. The Morgan fingerprint density at radius 3 is 2.56 bits per heavy atom. The van der Waals surface area contributed by atoms with Crippen molar-refractivity contribution in [2.24, 2.45) is 29.6 Å². The van der Waals surface area contributed by atoms with Crippen molar-refractivity contribution in [3.8, 4) is 0 Å². The minimum Gasteiger partial charge on any atom is -1.00 e. The number of hydrogen-bond donors (Lipinski definition) is 0. The monoisotopic (exact) mass is 482 g/mol. The molecule has 27 heavy (non-hydrogen) atoms. The molecule has 1 saturated carbocycles. The van der Waals surface area contributed by atoms with E-state index in [9.17, 15) is 0 Å². The summed E-state index contributed by atoms with van der Waals surface area (Å²) in [5, 5.41) is 0. The molecule has 4 aliphatic rings. The van der Waals surface area contributed by atoms with Crippen LogP contribution < -0.4 is 24.8 Å². The molecule has 1 fully saturated rings. The summed E-state index contributed by atoms with van der Waals surface area (Å²) in [7, 11) is 0. The van der Waals surface area contributed by atoms with E-state index in [1.807, 2.05) is 12.1 Å². The third-order valence-corrected chi connectivity index (χ3v) is 10.7. The molecule has 0 spiro atoms. The number of halogens is 2. The van der Waals surface area contributed by atoms with Crippen LogP contribution in [0.5, 0.6) is 0 Å². The normalized spacial score (nSPS) is 32.3. The Balaban J connectivity index is 0.00000131. The summed E-state index contributed by atoms with van der Waals surface area (Å²) in [6.45, 7) is 7.50. The van der Waals surface area contributed by atoms with Crippen molar-refractivity contribution in [2.45, 2.75) is 72.1 Å². The molecule has 0 nitrogen and oxygen atoms in total. The fraction of sp³-hybridized carbons (Fsp3) is 0.667. The van der Waals surface area contributed by atoms with E-state index in [1.54, 1.807) is 5.57 Å². The second-order valence-corrected chi connectivity index (χ2v) is 12.9. The van der Waals surface area contributed by atoms with Crippen LogP contribution in [0.25, 0.3) is 0 Å². The number of rotatable bonds is 4. The van der Waals surface area contributed by atoms with Crippen molar-refractivity contribution in [3.05, 3.63) is 42.0 Å². The molecule has 3 heteroatoms. The van der Waals surface area contributed by atoms with Crippen LogP contribution in [0.3, 0.4) is 0 Å². The van der Waals surface area contributed by atoms with Crippen LogP contribution in [0.2, 0.25) is 0 Å². The second kappa shape index (κ2) is 10.5. The summed E-state index contributed by atoms with van der Waals surface area (Å²) in [6.07, 6.45) is 21.2. The minimum atomic E-state index is -0.557. The van der Waals surface area contributed by atoms with Gasteiger partial charge in [0.25, 0.3) is 0 Å².